The van der Waals surface area contributed by atoms with Gasteiger partial charge in [0, 0.05) is 35.4 Å². The Kier molecular flexibility index (Phi) is 11.2. The average molecular weight is 427 g/mol. The minimum absolute atomic E-state index is 0. The summed E-state index contributed by atoms with van der Waals surface area (Å²) in [5, 5.41) is 7.86. The summed E-state index contributed by atoms with van der Waals surface area (Å²) >= 11 is 12.1. The van der Waals surface area contributed by atoms with Gasteiger partial charge in [-0.1, -0.05) is 43.1 Å². The van der Waals surface area contributed by atoms with E-state index >= 15 is 0 Å². The third-order valence-electron chi connectivity index (χ3n) is 4.65. The molecule has 0 spiro atoms. The first-order chi connectivity index (χ1) is 13.0. The van der Waals surface area contributed by atoms with Gasteiger partial charge in [0.1, 0.15) is 5.82 Å². The first kappa shape index (κ1) is 24.4. The monoisotopic (exact) mass is 426 g/mol. The molecule has 0 aliphatic heterocycles. The van der Waals surface area contributed by atoms with Crippen LogP contribution in [0.5, 0.6) is 0 Å². The molecule has 1 unspecified atom stereocenters. The molecule has 5 N–H and O–H groups in total. The summed E-state index contributed by atoms with van der Waals surface area (Å²) in [6, 6.07) is 7.93. The molecule has 28 heavy (non-hydrogen) atoms. The van der Waals surface area contributed by atoms with E-state index in [1.54, 1.807) is 12.3 Å². The lowest BCUT2D eigenvalue weighted by atomic mass is 10.1. The summed E-state index contributed by atoms with van der Waals surface area (Å²) in [6.07, 6.45) is 3.99. The van der Waals surface area contributed by atoms with Crippen molar-refractivity contribution >= 4 is 35.0 Å². The van der Waals surface area contributed by atoms with Crippen LogP contribution in [-0.2, 0) is 6.54 Å². The highest BCUT2D eigenvalue weighted by Crippen LogP contribution is 2.21. The fourth-order valence-electron chi connectivity index (χ4n) is 3.02. The van der Waals surface area contributed by atoms with Crippen LogP contribution in [0.15, 0.2) is 30.5 Å². The molecule has 0 bridgehead atoms. The van der Waals surface area contributed by atoms with E-state index in [1.165, 1.54) is 0 Å². The van der Waals surface area contributed by atoms with E-state index in [0.717, 1.165) is 43.9 Å². The van der Waals surface area contributed by atoms with Gasteiger partial charge in [0.2, 0.25) is 5.95 Å². The Morgan fingerprint density at radius 3 is 2.54 bits per heavy atom. The van der Waals surface area contributed by atoms with Crippen LogP contribution in [-0.4, -0.2) is 40.5 Å². The van der Waals surface area contributed by atoms with Gasteiger partial charge in [-0.15, -0.1) is 0 Å². The normalized spacial score (nSPS) is 11.8. The second kappa shape index (κ2) is 12.8. The predicted molar refractivity (Wildman–Crippen MR) is 121 cm³/mol. The summed E-state index contributed by atoms with van der Waals surface area (Å²) in [7, 11) is 0. The number of benzene rings is 1. The molecule has 1 heterocycles. The van der Waals surface area contributed by atoms with E-state index in [1.807, 2.05) is 18.2 Å². The molecule has 1 aromatic heterocycles. The minimum atomic E-state index is 0. The van der Waals surface area contributed by atoms with Gasteiger partial charge in [0.25, 0.3) is 0 Å². The topological polar surface area (TPSA) is 88.1 Å². The smallest absolute Gasteiger partial charge is 0.224 e. The summed E-state index contributed by atoms with van der Waals surface area (Å²) < 4.78 is 0. The number of nitrogens with zero attached hydrogens (tertiary/aromatic N) is 3. The van der Waals surface area contributed by atoms with Crippen LogP contribution < -0.4 is 16.8 Å². The van der Waals surface area contributed by atoms with Crippen molar-refractivity contribution in [1.82, 2.24) is 21.0 Å². The van der Waals surface area contributed by atoms with Crippen molar-refractivity contribution in [2.45, 2.75) is 46.2 Å². The summed E-state index contributed by atoms with van der Waals surface area (Å²) in [5.74, 6) is 1.40. The first-order valence-corrected chi connectivity index (χ1v) is 10.3. The van der Waals surface area contributed by atoms with Crippen molar-refractivity contribution in [3.05, 3.63) is 46.1 Å². The number of halogens is 2. The maximum absolute atomic E-state index is 6.21. The minimum Gasteiger partial charge on any atom is -0.366 e. The quantitative estimate of drug-likeness (QED) is 0.412. The Morgan fingerprint density at radius 1 is 1.11 bits per heavy atom. The molecule has 0 amide bonds. The van der Waals surface area contributed by atoms with Crippen LogP contribution in [0.1, 0.15) is 39.2 Å². The summed E-state index contributed by atoms with van der Waals surface area (Å²) in [6.45, 7) is 10.3. The maximum Gasteiger partial charge on any atom is 0.224 e. The molecule has 8 heteroatoms. The van der Waals surface area contributed by atoms with Crippen LogP contribution in [0.25, 0.3) is 0 Å². The molecule has 2 rings (SSSR count). The second-order valence-electron chi connectivity index (χ2n) is 6.49. The van der Waals surface area contributed by atoms with Crippen LogP contribution in [0, 0.1) is 0 Å². The number of hydrogen-bond acceptors (Lipinski definition) is 6. The molecule has 6 nitrogen and oxygen atoms in total. The van der Waals surface area contributed by atoms with Crippen molar-refractivity contribution in [2.24, 2.45) is 0 Å². The van der Waals surface area contributed by atoms with Gasteiger partial charge in [0.15, 0.2) is 0 Å². The molecule has 0 aliphatic carbocycles. The highest BCUT2D eigenvalue weighted by Gasteiger charge is 2.09. The third-order valence-corrected chi connectivity index (χ3v) is 5.24. The van der Waals surface area contributed by atoms with Crippen molar-refractivity contribution in [3.8, 4) is 0 Å². The van der Waals surface area contributed by atoms with Crippen molar-refractivity contribution in [2.75, 3.05) is 30.3 Å². The van der Waals surface area contributed by atoms with Crippen LogP contribution >= 0.6 is 23.2 Å². The van der Waals surface area contributed by atoms with Gasteiger partial charge in [-0.05, 0) is 56.6 Å². The third kappa shape index (κ3) is 7.80. The summed E-state index contributed by atoms with van der Waals surface area (Å²) in [4.78, 5) is 11.3. The van der Waals surface area contributed by atoms with Gasteiger partial charge in [-0.25, -0.2) is 4.98 Å². The van der Waals surface area contributed by atoms with Crippen LogP contribution in [0.4, 0.5) is 11.8 Å². The number of nitrogens with one attached hydrogen (secondary N) is 2. The number of rotatable bonds is 11. The molecule has 1 aromatic carbocycles. The largest absolute Gasteiger partial charge is 0.366 e. The predicted octanol–water partition coefficient (Wildman–Crippen LogP) is 5.48. The van der Waals surface area contributed by atoms with Crippen molar-refractivity contribution in [3.63, 3.8) is 0 Å². The van der Waals surface area contributed by atoms with E-state index in [2.05, 4.69) is 46.3 Å². The van der Waals surface area contributed by atoms with E-state index in [0.29, 0.717) is 28.6 Å². The van der Waals surface area contributed by atoms with Gasteiger partial charge in [-0.3, -0.25) is 0 Å². The summed E-state index contributed by atoms with van der Waals surface area (Å²) in [5.41, 5.74) is 0.972. The lowest BCUT2D eigenvalue weighted by molar-refractivity contribution is 0.219. The highest BCUT2D eigenvalue weighted by atomic mass is 35.5. The molecule has 0 fully saturated rings. The molecule has 0 saturated heterocycles. The van der Waals surface area contributed by atoms with E-state index in [9.17, 15) is 0 Å². The lowest BCUT2D eigenvalue weighted by Crippen LogP contribution is -2.32. The fraction of sp³-hybridized carbons (Fsp3) is 0.500. The molecular weight excluding hydrogens is 395 g/mol. The van der Waals surface area contributed by atoms with E-state index in [4.69, 9.17) is 23.2 Å². The maximum atomic E-state index is 6.21. The van der Waals surface area contributed by atoms with E-state index < -0.39 is 0 Å². The number of anilines is 2. The molecule has 2 aromatic rings. The van der Waals surface area contributed by atoms with E-state index in [-0.39, 0.29) is 6.15 Å². The number of aromatic nitrogens is 2. The molecule has 0 aliphatic rings. The number of hydrogen-bond donors (Lipinski definition) is 3. The second-order valence-corrected chi connectivity index (χ2v) is 7.34. The standard InChI is InChI=1S/C20H29Cl2N5.H3N/c1-4-27(5-2)15(3)7-6-11-23-20-24-12-10-19(26-20)25-14-16-8-9-17(21)13-18(16)22;/h8-10,12-13,15H,4-7,11,14H2,1-3H3,(H2,23,24,25,26);1H3. The molecule has 156 valence electrons. The van der Waals surface area contributed by atoms with Gasteiger partial charge < -0.3 is 21.7 Å². The molecule has 0 radical (unpaired) electrons. The van der Waals surface area contributed by atoms with Gasteiger partial charge in [0.05, 0.1) is 0 Å². The highest BCUT2D eigenvalue weighted by molar-refractivity contribution is 6.35. The average Bonchev–Trinajstić information content (AvgIpc) is 2.66. The molecule has 1 atom stereocenters. The Labute approximate surface area is 178 Å². The van der Waals surface area contributed by atoms with Crippen molar-refractivity contribution < 1.29 is 0 Å². The Balaban J connectivity index is 0.00000392. The Morgan fingerprint density at radius 2 is 1.86 bits per heavy atom. The van der Waals surface area contributed by atoms with Gasteiger partial charge in [-0.2, -0.15) is 4.98 Å². The zero-order valence-electron chi connectivity index (χ0n) is 17.0. The zero-order chi connectivity index (χ0) is 19.6. The fourth-order valence-corrected chi connectivity index (χ4v) is 3.50. The lowest BCUT2D eigenvalue weighted by Gasteiger charge is -2.26. The van der Waals surface area contributed by atoms with Crippen LogP contribution in [0.2, 0.25) is 10.0 Å². The first-order valence-electron chi connectivity index (χ1n) is 9.52. The SMILES string of the molecule is CCN(CC)C(C)CCCNc1nccc(NCc2ccc(Cl)cc2Cl)n1.N. The van der Waals surface area contributed by atoms with Crippen molar-refractivity contribution in [1.29, 1.82) is 0 Å². The Bertz CT molecular complexity index is 709. The van der Waals surface area contributed by atoms with Crippen LogP contribution in [0.3, 0.4) is 0 Å². The van der Waals surface area contributed by atoms with Gasteiger partial charge >= 0.3 is 0 Å². The Hall–Kier alpha value is -1.60. The molecular formula is C20H32Cl2N6. The molecule has 0 saturated carbocycles. The zero-order valence-corrected chi connectivity index (χ0v) is 18.5.